The maximum atomic E-state index is 6.63. The van der Waals surface area contributed by atoms with Gasteiger partial charge in [-0.25, -0.2) is 0 Å². The molecular weight excluding hydrogens is 572 g/mol. The summed E-state index contributed by atoms with van der Waals surface area (Å²) >= 11 is 0. The monoisotopic (exact) mass is 600 g/mol. The average molecular weight is 601 g/mol. The summed E-state index contributed by atoms with van der Waals surface area (Å²) in [5.41, 5.74) is 13.5. The maximum absolute atomic E-state index is 6.63. The van der Waals surface area contributed by atoms with Crippen molar-refractivity contribution < 1.29 is 4.42 Å². The number of aromatic nitrogens is 2. The van der Waals surface area contributed by atoms with Gasteiger partial charge in [0.1, 0.15) is 11.1 Å². The molecule has 3 heterocycles. The van der Waals surface area contributed by atoms with E-state index in [1.807, 2.05) is 0 Å². The van der Waals surface area contributed by atoms with Crippen molar-refractivity contribution in [1.29, 1.82) is 0 Å². The normalized spacial score (nSPS) is 11.8. The van der Waals surface area contributed by atoms with E-state index >= 15 is 0 Å². The number of nitrogens with zero attached hydrogens (tertiary/aromatic N) is 2. The lowest BCUT2D eigenvalue weighted by atomic mass is 9.98. The van der Waals surface area contributed by atoms with Gasteiger partial charge in [-0.3, -0.25) is 0 Å². The molecule has 0 spiro atoms. The largest absolute Gasteiger partial charge is 0.454 e. The Bertz CT molecular complexity index is 2760. The molecule has 0 radical (unpaired) electrons. The topological polar surface area (TPSA) is 23.0 Å². The molecule has 0 aliphatic heterocycles. The van der Waals surface area contributed by atoms with E-state index in [2.05, 4.69) is 179 Å². The fourth-order valence-electron chi connectivity index (χ4n) is 7.43. The number of benzene rings is 7. The van der Waals surface area contributed by atoms with E-state index in [0.29, 0.717) is 0 Å². The second kappa shape index (κ2) is 10.1. The van der Waals surface area contributed by atoms with Crippen LogP contribution in [0.1, 0.15) is 0 Å². The highest BCUT2D eigenvalue weighted by Gasteiger charge is 2.20. The zero-order valence-electron chi connectivity index (χ0n) is 25.5. The minimum atomic E-state index is 0.893. The third-order valence-electron chi connectivity index (χ3n) is 9.53. The van der Waals surface area contributed by atoms with Crippen LogP contribution in [0.4, 0.5) is 0 Å². The van der Waals surface area contributed by atoms with Crippen LogP contribution in [0, 0.1) is 0 Å². The summed E-state index contributed by atoms with van der Waals surface area (Å²) in [6.45, 7) is 0. The van der Waals surface area contributed by atoms with E-state index in [9.17, 15) is 0 Å². The molecule has 10 rings (SSSR count). The molecule has 0 N–H and O–H groups in total. The fraction of sp³-hybridized carbons (Fsp3) is 0. The van der Waals surface area contributed by atoms with Crippen LogP contribution in [-0.4, -0.2) is 9.13 Å². The third-order valence-corrected chi connectivity index (χ3v) is 9.53. The molecule has 0 bridgehead atoms. The second-order valence-electron chi connectivity index (χ2n) is 12.1. The highest BCUT2D eigenvalue weighted by molar-refractivity contribution is 6.17. The zero-order valence-corrected chi connectivity index (χ0v) is 25.5. The van der Waals surface area contributed by atoms with Gasteiger partial charge in [0, 0.05) is 38.5 Å². The summed E-state index contributed by atoms with van der Waals surface area (Å²) in [4.78, 5) is 0. The molecule has 0 amide bonds. The molecule has 47 heavy (non-hydrogen) atoms. The van der Waals surface area contributed by atoms with Crippen molar-refractivity contribution in [2.45, 2.75) is 0 Å². The molecule has 220 valence electrons. The quantitative estimate of drug-likeness (QED) is 0.197. The summed E-state index contributed by atoms with van der Waals surface area (Å²) in [5, 5.41) is 4.75. The molecule has 3 nitrogen and oxygen atoms in total. The molecule has 10 aromatic rings. The molecule has 0 aliphatic rings. The van der Waals surface area contributed by atoms with Gasteiger partial charge in [0.2, 0.25) is 0 Å². The SMILES string of the molecule is c1ccc(-n2c3ccccc3c3cccc(-c4ccc(-c5ccc6c(c5)oc5c7ccccc7n(-c7ccccc7)c65)cc4)c32)cc1. The van der Waals surface area contributed by atoms with Gasteiger partial charge in [-0.05, 0) is 71.3 Å². The van der Waals surface area contributed by atoms with Crippen LogP contribution in [-0.2, 0) is 0 Å². The standard InChI is InChI=1S/C44H28N2O/c1-3-12-32(13-4-1)45-39-20-9-7-16-35(39)36-19-11-18-34(42(36)45)30-24-22-29(23-25-30)31-26-27-38-41(28-31)47-44-37-17-8-10-21-40(37)46(43(38)44)33-14-5-2-6-15-33/h1-28H. The van der Waals surface area contributed by atoms with E-state index in [-0.39, 0.29) is 0 Å². The van der Waals surface area contributed by atoms with Crippen LogP contribution in [0.15, 0.2) is 174 Å². The van der Waals surface area contributed by atoms with Crippen molar-refractivity contribution in [3.63, 3.8) is 0 Å². The number of hydrogen-bond acceptors (Lipinski definition) is 1. The number of hydrogen-bond donors (Lipinski definition) is 0. The molecular formula is C44H28N2O. The van der Waals surface area contributed by atoms with Gasteiger partial charge in [-0.15, -0.1) is 0 Å². The number of fused-ring (bicyclic) bond motifs is 8. The van der Waals surface area contributed by atoms with Crippen LogP contribution in [0.5, 0.6) is 0 Å². The first kappa shape index (κ1) is 26.0. The van der Waals surface area contributed by atoms with E-state index in [0.717, 1.165) is 55.5 Å². The molecule has 0 saturated heterocycles. The summed E-state index contributed by atoms with van der Waals surface area (Å²) in [5.74, 6) is 0. The van der Waals surface area contributed by atoms with Gasteiger partial charge in [-0.1, -0.05) is 115 Å². The Kier molecular flexibility index (Phi) is 5.57. The minimum absolute atomic E-state index is 0.893. The van der Waals surface area contributed by atoms with Gasteiger partial charge in [-0.2, -0.15) is 0 Å². The van der Waals surface area contributed by atoms with Crippen molar-refractivity contribution >= 4 is 54.8 Å². The lowest BCUT2D eigenvalue weighted by Gasteiger charge is -2.12. The molecule has 7 aromatic carbocycles. The predicted molar refractivity (Wildman–Crippen MR) is 196 cm³/mol. The van der Waals surface area contributed by atoms with Crippen molar-refractivity contribution in [2.75, 3.05) is 0 Å². The Morgan fingerprint density at radius 2 is 0.915 bits per heavy atom. The van der Waals surface area contributed by atoms with E-state index in [4.69, 9.17) is 4.42 Å². The lowest BCUT2D eigenvalue weighted by molar-refractivity contribution is 0.673. The molecule has 0 fully saturated rings. The molecule has 0 atom stereocenters. The summed E-state index contributed by atoms with van der Waals surface area (Å²) < 4.78 is 11.3. The Hall–Kier alpha value is -6.32. The van der Waals surface area contributed by atoms with Crippen LogP contribution in [0.2, 0.25) is 0 Å². The van der Waals surface area contributed by atoms with Crippen molar-refractivity contribution in [2.24, 2.45) is 0 Å². The predicted octanol–water partition coefficient (Wildman–Crippen LogP) is 12.0. The van der Waals surface area contributed by atoms with Gasteiger partial charge >= 0.3 is 0 Å². The highest BCUT2D eigenvalue weighted by Crippen LogP contribution is 2.41. The molecule has 0 saturated carbocycles. The first-order valence-corrected chi connectivity index (χ1v) is 16.0. The Morgan fingerprint density at radius 1 is 0.362 bits per heavy atom. The molecule has 0 aliphatic carbocycles. The Morgan fingerprint density at radius 3 is 1.64 bits per heavy atom. The number of furan rings is 1. The average Bonchev–Trinajstić information content (AvgIpc) is 3.79. The second-order valence-corrected chi connectivity index (χ2v) is 12.1. The van der Waals surface area contributed by atoms with Crippen LogP contribution in [0.3, 0.4) is 0 Å². The number of rotatable bonds is 4. The highest BCUT2D eigenvalue weighted by atomic mass is 16.3. The fourth-order valence-corrected chi connectivity index (χ4v) is 7.43. The van der Waals surface area contributed by atoms with Gasteiger partial charge < -0.3 is 13.6 Å². The third kappa shape index (κ3) is 3.87. The van der Waals surface area contributed by atoms with Crippen molar-refractivity contribution in [3.8, 4) is 33.6 Å². The summed E-state index contributed by atoms with van der Waals surface area (Å²) in [6, 6.07) is 60.6. The maximum Gasteiger partial charge on any atom is 0.161 e. The van der Waals surface area contributed by atoms with E-state index < -0.39 is 0 Å². The molecule has 3 heteroatoms. The van der Waals surface area contributed by atoms with Gasteiger partial charge in [0.15, 0.2) is 5.58 Å². The smallest absolute Gasteiger partial charge is 0.161 e. The van der Waals surface area contributed by atoms with Crippen LogP contribution < -0.4 is 0 Å². The Balaban J connectivity index is 1.11. The first-order valence-electron chi connectivity index (χ1n) is 16.0. The van der Waals surface area contributed by atoms with Crippen LogP contribution in [0.25, 0.3) is 88.4 Å². The lowest BCUT2D eigenvalue weighted by Crippen LogP contribution is -1.95. The summed E-state index contributed by atoms with van der Waals surface area (Å²) in [6.07, 6.45) is 0. The minimum Gasteiger partial charge on any atom is -0.454 e. The van der Waals surface area contributed by atoms with E-state index in [1.54, 1.807) is 0 Å². The first-order chi connectivity index (χ1) is 23.3. The van der Waals surface area contributed by atoms with Crippen molar-refractivity contribution in [1.82, 2.24) is 9.13 Å². The van der Waals surface area contributed by atoms with E-state index in [1.165, 1.54) is 32.9 Å². The molecule has 3 aromatic heterocycles. The Labute approximate surface area is 271 Å². The van der Waals surface area contributed by atoms with Crippen molar-refractivity contribution in [3.05, 3.63) is 170 Å². The summed E-state index contributed by atoms with van der Waals surface area (Å²) in [7, 11) is 0. The van der Waals surface area contributed by atoms with Gasteiger partial charge in [0.05, 0.1) is 16.6 Å². The van der Waals surface area contributed by atoms with Gasteiger partial charge in [0.25, 0.3) is 0 Å². The molecule has 0 unspecified atom stereocenters. The zero-order chi connectivity index (χ0) is 30.9. The van der Waals surface area contributed by atoms with Crippen LogP contribution >= 0.6 is 0 Å². The number of para-hydroxylation sites is 5.